The number of nitriles is 1. The van der Waals surface area contributed by atoms with Crippen LogP contribution in [0, 0.1) is 11.3 Å². The molecule has 0 bridgehead atoms. The molecule has 0 aromatic carbocycles. The quantitative estimate of drug-likeness (QED) is 0.819. The van der Waals surface area contributed by atoms with Gasteiger partial charge in [0.2, 0.25) is 5.91 Å². The van der Waals surface area contributed by atoms with E-state index >= 15 is 0 Å². The third kappa shape index (κ3) is 3.84. The highest BCUT2D eigenvalue weighted by Gasteiger charge is 2.22. The van der Waals surface area contributed by atoms with Crippen LogP contribution in [0.3, 0.4) is 0 Å². The molecule has 1 aliphatic rings. The Balaban J connectivity index is 2.13. The van der Waals surface area contributed by atoms with E-state index in [1.165, 1.54) is 17.7 Å². The van der Waals surface area contributed by atoms with Crippen molar-refractivity contribution in [3.8, 4) is 6.07 Å². The highest BCUT2D eigenvalue weighted by atomic mass is 32.1. The van der Waals surface area contributed by atoms with Gasteiger partial charge < -0.3 is 11.1 Å². The van der Waals surface area contributed by atoms with Crippen molar-refractivity contribution >= 4 is 22.2 Å². The Morgan fingerprint density at radius 1 is 1.43 bits per heavy atom. The van der Waals surface area contributed by atoms with E-state index in [2.05, 4.69) is 18.3 Å². The van der Waals surface area contributed by atoms with E-state index in [0.717, 1.165) is 37.7 Å². The van der Waals surface area contributed by atoms with Gasteiger partial charge in [0.15, 0.2) is 0 Å². The average molecular weight is 305 g/mol. The van der Waals surface area contributed by atoms with Crippen molar-refractivity contribution in [3.05, 3.63) is 16.0 Å². The first kappa shape index (κ1) is 16.0. The zero-order chi connectivity index (χ0) is 15.2. The SMILES string of the molecule is CCCC[C@H](N)C(=O)Nc1sc2c(c1C#N)CCCCC2. The molecule has 0 saturated heterocycles. The van der Waals surface area contributed by atoms with Crippen LogP contribution < -0.4 is 11.1 Å². The van der Waals surface area contributed by atoms with Crippen molar-refractivity contribution in [1.29, 1.82) is 5.26 Å². The van der Waals surface area contributed by atoms with E-state index in [1.807, 2.05) is 0 Å². The van der Waals surface area contributed by atoms with E-state index in [4.69, 9.17) is 5.73 Å². The third-order valence-corrected chi connectivity index (χ3v) is 5.18. The average Bonchev–Trinajstić information content (AvgIpc) is 2.65. The Bertz CT molecular complexity index is 544. The van der Waals surface area contributed by atoms with Crippen LogP contribution in [0.5, 0.6) is 0 Å². The molecule has 1 atom stereocenters. The van der Waals surface area contributed by atoms with Gasteiger partial charge in [-0.2, -0.15) is 5.26 Å². The molecule has 1 aromatic rings. The topological polar surface area (TPSA) is 78.9 Å². The van der Waals surface area contributed by atoms with Gasteiger partial charge in [0, 0.05) is 4.88 Å². The van der Waals surface area contributed by atoms with Crippen LogP contribution in [0.2, 0.25) is 0 Å². The van der Waals surface area contributed by atoms with Crippen molar-refractivity contribution in [2.45, 2.75) is 64.3 Å². The fourth-order valence-corrected chi connectivity index (χ4v) is 3.95. The summed E-state index contributed by atoms with van der Waals surface area (Å²) < 4.78 is 0. The van der Waals surface area contributed by atoms with Gasteiger partial charge >= 0.3 is 0 Å². The molecule has 3 N–H and O–H groups in total. The third-order valence-electron chi connectivity index (χ3n) is 3.98. The van der Waals surface area contributed by atoms with E-state index in [0.29, 0.717) is 17.0 Å². The van der Waals surface area contributed by atoms with Crippen LogP contribution >= 0.6 is 11.3 Å². The fourth-order valence-electron chi connectivity index (χ4n) is 2.71. The number of hydrogen-bond acceptors (Lipinski definition) is 4. The predicted molar refractivity (Wildman–Crippen MR) is 86.4 cm³/mol. The van der Waals surface area contributed by atoms with Gasteiger partial charge in [0.05, 0.1) is 11.6 Å². The van der Waals surface area contributed by atoms with Crippen LogP contribution in [0.15, 0.2) is 0 Å². The van der Waals surface area contributed by atoms with Gasteiger partial charge in [-0.25, -0.2) is 0 Å². The maximum Gasteiger partial charge on any atom is 0.241 e. The van der Waals surface area contributed by atoms with Gasteiger partial charge in [0.25, 0.3) is 0 Å². The van der Waals surface area contributed by atoms with Crippen LogP contribution in [0.25, 0.3) is 0 Å². The molecular formula is C16H23N3OS. The number of rotatable bonds is 5. The lowest BCUT2D eigenvalue weighted by Crippen LogP contribution is -2.35. The molecule has 1 aliphatic carbocycles. The van der Waals surface area contributed by atoms with Crippen molar-refractivity contribution in [2.24, 2.45) is 5.73 Å². The highest BCUT2D eigenvalue weighted by Crippen LogP contribution is 2.37. The minimum Gasteiger partial charge on any atom is -0.320 e. The van der Waals surface area contributed by atoms with Gasteiger partial charge in [-0.3, -0.25) is 4.79 Å². The summed E-state index contributed by atoms with van der Waals surface area (Å²) in [7, 11) is 0. The molecule has 0 unspecified atom stereocenters. The summed E-state index contributed by atoms with van der Waals surface area (Å²) in [5, 5.41) is 13.0. The Morgan fingerprint density at radius 2 is 2.19 bits per heavy atom. The lowest BCUT2D eigenvalue weighted by molar-refractivity contribution is -0.117. The van der Waals surface area contributed by atoms with Gasteiger partial charge in [-0.05, 0) is 37.7 Å². The zero-order valence-corrected chi connectivity index (χ0v) is 13.4. The molecule has 4 nitrogen and oxygen atoms in total. The Morgan fingerprint density at radius 3 is 2.90 bits per heavy atom. The summed E-state index contributed by atoms with van der Waals surface area (Å²) in [6.07, 6.45) is 8.14. The number of fused-ring (bicyclic) bond motifs is 1. The summed E-state index contributed by atoms with van der Waals surface area (Å²) in [6, 6.07) is 1.79. The van der Waals surface area contributed by atoms with Crippen LogP contribution in [0.4, 0.5) is 5.00 Å². The number of nitrogens with two attached hydrogens (primary N) is 1. The number of anilines is 1. The molecule has 21 heavy (non-hydrogen) atoms. The zero-order valence-electron chi connectivity index (χ0n) is 12.6. The molecule has 0 radical (unpaired) electrons. The van der Waals surface area contributed by atoms with Gasteiger partial charge in [-0.1, -0.05) is 26.2 Å². The standard InChI is InChI=1S/C16H23N3OS/c1-2-3-8-13(18)15(20)19-16-12(10-17)11-7-5-4-6-9-14(11)21-16/h13H,2-9,18H2,1H3,(H,19,20)/t13-/m0/s1. The van der Waals surface area contributed by atoms with Crippen LogP contribution in [0.1, 0.15) is 61.5 Å². The van der Waals surface area contributed by atoms with E-state index in [1.54, 1.807) is 11.3 Å². The molecular weight excluding hydrogens is 282 g/mol. The maximum absolute atomic E-state index is 12.1. The second kappa shape index (κ2) is 7.58. The minimum absolute atomic E-state index is 0.170. The van der Waals surface area contributed by atoms with Gasteiger partial charge in [0.1, 0.15) is 11.1 Å². The number of unbranched alkanes of at least 4 members (excludes halogenated alkanes) is 1. The molecule has 0 fully saturated rings. The maximum atomic E-state index is 12.1. The predicted octanol–water partition coefficient (Wildman–Crippen LogP) is 3.34. The number of carbonyl (C=O) groups is 1. The normalized spacial score (nSPS) is 15.7. The smallest absolute Gasteiger partial charge is 0.241 e. The number of thiophene rings is 1. The number of nitrogens with zero attached hydrogens (tertiary/aromatic N) is 1. The number of nitrogens with one attached hydrogen (secondary N) is 1. The first-order valence-electron chi connectivity index (χ1n) is 7.78. The highest BCUT2D eigenvalue weighted by molar-refractivity contribution is 7.16. The Kier molecular flexibility index (Phi) is 5.77. The molecule has 1 aromatic heterocycles. The Labute approximate surface area is 130 Å². The number of amides is 1. The van der Waals surface area contributed by atoms with Gasteiger partial charge in [-0.15, -0.1) is 11.3 Å². The Hall–Kier alpha value is -1.38. The first-order valence-corrected chi connectivity index (χ1v) is 8.60. The van der Waals surface area contributed by atoms with Crippen molar-refractivity contribution in [3.63, 3.8) is 0 Å². The molecule has 1 amide bonds. The fraction of sp³-hybridized carbons (Fsp3) is 0.625. The second-order valence-corrected chi connectivity index (χ2v) is 6.72. The summed E-state index contributed by atoms with van der Waals surface area (Å²) >= 11 is 1.56. The summed E-state index contributed by atoms with van der Waals surface area (Å²) in [4.78, 5) is 13.4. The van der Waals surface area contributed by atoms with Crippen molar-refractivity contribution < 1.29 is 4.79 Å². The summed E-state index contributed by atoms with van der Waals surface area (Å²) in [5.74, 6) is -0.170. The molecule has 0 aliphatic heterocycles. The molecule has 0 spiro atoms. The van der Waals surface area contributed by atoms with Crippen LogP contribution in [-0.2, 0) is 17.6 Å². The van der Waals surface area contributed by atoms with E-state index in [-0.39, 0.29) is 5.91 Å². The largest absolute Gasteiger partial charge is 0.320 e. The number of carbonyl (C=O) groups excluding carboxylic acids is 1. The van der Waals surface area contributed by atoms with Crippen molar-refractivity contribution in [1.82, 2.24) is 0 Å². The molecule has 5 heteroatoms. The van der Waals surface area contributed by atoms with Crippen LogP contribution in [-0.4, -0.2) is 11.9 Å². The van der Waals surface area contributed by atoms with Crippen molar-refractivity contribution in [2.75, 3.05) is 5.32 Å². The lowest BCUT2D eigenvalue weighted by Gasteiger charge is -2.10. The molecule has 2 rings (SSSR count). The van der Waals surface area contributed by atoms with E-state index in [9.17, 15) is 10.1 Å². The second-order valence-electron chi connectivity index (χ2n) is 5.62. The monoisotopic (exact) mass is 305 g/mol. The minimum atomic E-state index is -0.488. The summed E-state index contributed by atoms with van der Waals surface area (Å²) in [5.41, 5.74) is 7.71. The first-order chi connectivity index (χ1) is 10.2. The number of hydrogen-bond donors (Lipinski definition) is 2. The van der Waals surface area contributed by atoms with E-state index < -0.39 is 6.04 Å². The lowest BCUT2D eigenvalue weighted by atomic mass is 10.1. The molecule has 1 heterocycles. The number of aryl methyl sites for hydroxylation is 1. The summed E-state index contributed by atoms with van der Waals surface area (Å²) in [6.45, 7) is 2.08. The molecule has 114 valence electrons. The molecule has 0 saturated carbocycles.